The molecule has 0 bridgehead atoms. The van der Waals surface area contributed by atoms with E-state index in [1.807, 2.05) is 30.5 Å². The highest BCUT2D eigenvalue weighted by Crippen LogP contribution is 2.18. The van der Waals surface area contributed by atoms with Crippen LogP contribution in [0.5, 0.6) is 0 Å². The molecule has 0 amide bonds. The number of hydrogen-bond acceptors (Lipinski definition) is 5. The van der Waals surface area contributed by atoms with Crippen LogP contribution in [0.1, 0.15) is 23.4 Å². The zero-order valence-electron chi connectivity index (χ0n) is 11.6. The molecule has 2 aromatic rings. The van der Waals surface area contributed by atoms with Gasteiger partial charge in [0.25, 0.3) is 0 Å². The third-order valence-corrected chi connectivity index (χ3v) is 5.92. The van der Waals surface area contributed by atoms with Gasteiger partial charge < -0.3 is 5.32 Å². The van der Waals surface area contributed by atoms with E-state index in [1.165, 1.54) is 29.1 Å². The number of thiophene rings is 1. The van der Waals surface area contributed by atoms with E-state index >= 15 is 0 Å². The minimum atomic E-state index is -3.32. The summed E-state index contributed by atoms with van der Waals surface area (Å²) in [4.78, 5) is 1.44. The Kier molecular flexibility index (Phi) is 5.12. The summed E-state index contributed by atoms with van der Waals surface area (Å²) in [6.45, 7) is 2.40. The summed E-state index contributed by atoms with van der Waals surface area (Å²) in [6, 6.07) is 12.1. The van der Waals surface area contributed by atoms with E-state index in [4.69, 9.17) is 5.26 Å². The Labute approximate surface area is 129 Å². The molecule has 1 aromatic carbocycles. The number of sulfone groups is 1. The maximum absolute atomic E-state index is 12.2. The molecule has 1 atom stereocenters. The standard InChI is InChI=1S/C15H16N2O2S2/c1-12(15-3-2-9-20-15)17-8-10-21(18,19)14-6-4-13(11-16)5-7-14/h2-7,9,12,17H,8,10H2,1H3/t12-/m0/s1. The highest BCUT2D eigenvalue weighted by molar-refractivity contribution is 7.91. The molecule has 0 spiro atoms. The molecule has 1 aromatic heterocycles. The fourth-order valence-electron chi connectivity index (χ4n) is 1.90. The van der Waals surface area contributed by atoms with Crippen molar-refractivity contribution >= 4 is 21.2 Å². The Hall–Kier alpha value is -1.68. The lowest BCUT2D eigenvalue weighted by Gasteiger charge is -2.12. The SMILES string of the molecule is C[C@H](NCCS(=O)(=O)c1ccc(C#N)cc1)c1cccs1. The van der Waals surface area contributed by atoms with Gasteiger partial charge in [0.1, 0.15) is 0 Å². The van der Waals surface area contributed by atoms with Crippen molar-refractivity contribution in [3.8, 4) is 6.07 Å². The first-order chi connectivity index (χ1) is 10.0. The third kappa shape index (κ3) is 4.14. The summed E-state index contributed by atoms with van der Waals surface area (Å²) < 4.78 is 24.4. The largest absolute Gasteiger partial charge is 0.308 e. The number of hydrogen-bond donors (Lipinski definition) is 1. The Morgan fingerprint density at radius 1 is 1.29 bits per heavy atom. The van der Waals surface area contributed by atoms with Gasteiger partial charge in [-0.2, -0.15) is 5.26 Å². The van der Waals surface area contributed by atoms with Crippen LogP contribution in [0.15, 0.2) is 46.7 Å². The van der Waals surface area contributed by atoms with Gasteiger partial charge in [0.15, 0.2) is 9.84 Å². The maximum Gasteiger partial charge on any atom is 0.179 e. The van der Waals surface area contributed by atoms with Gasteiger partial charge in [-0.05, 0) is 42.6 Å². The average molecular weight is 320 g/mol. The number of nitriles is 1. The van der Waals surface area contributed by atoms with Crippen molar-refractivity contribution in [2.75, 3.05) is 12.3 Å². The first-order valence-corrected chi connectivity index (χ1v) is 9.06. The predicted molar refractivity (Wildman–Crippen MR) is 83.9 cm³/mol. The minimum Gasteiger partial charge on any atom is -0.308 e. The van der Waals surface area contributed by atoms with Gasteiger partial charge in [0.05, 0.1) is 22.3 Å². The first kappa shape index (κ1) is 15.7. The second-order valence-electron chi connectivity index (χ2n) is 4.65. The molecule has 2 rings (SSSR count). The number of rotatable bonds is 6. The molecule has 0 fully saturated rings. The van der Waals surface area contributed by atoms with Crippen molar-refractivity contribution in [3.05, 3.63) is 52.2 Å². The molecule has 21 heavy (non-hydrogen) atoms. The molecule has 0 saturated heterocycles. The lowest BCUT2D eigenvalue weighted by atomic mass is 10.2. The monoisotopic (exact) mass is 320 g/mol. The third-order valence-electron chi connectivity index (χ3n) is 3.13. The molecule has 1 heterocycles. The summed E-state index contributed by atoms with van der Waals surface area (Å²) in [7, 11) is -3.32. The van der Waals surface area contributed by atoms with Crippen molar-refractivity contribution in [3.63, 3.8) is 0 Å². The van der Waals surface area contributed by atoms with Crippen molar-refractivity contribution in [1.29, 1.82) is 5.26 Å². The molecule has 0 unspecified atom stereocenters. The van der Waals surface area contributed by atoms with Crippen molar-refractivity contribution in [1.82, 2.24) is 5.32 Å². The highest BCUT2D eigenvalue weighted by atomic mass is 32.2. The van der Waals surface area contributed by atoms with Crippen molar-refractivity contribution < 1.29 is 8.42 Å². The van der Waals surface area contributed by atoms with Crippen LogP contribution in [0.4, 0.5) is 0 Å². The van der Waals surface area contributed by atoms with Crippen LogP contribution in [-0.4, -0.2) is 20.7 Å². The molecule has 6 heteroatoms. The molecule has 110 valence electrons. The first-order valence-electron chi connectivity index (χ1n) is 6.52. The van der Waals surface area contributed by atoms with Crippen molar-refractivity contribution in [2.45, 2.75) is 17.9 Å². The van der Waals surface area contributed by atoms with Crippen LogP contribution in [0, 0.1) is 11.3 Å². The Morgan fingerprint density at radius 3 is 2.57 bits per heavy atom. The summed E-state index contributed by atoms with van der Waals surface area (Å²) in [5, 5.41) is 13.9. The summed E-state index contributed by atoms with van der Waals surface area (Å²) >= 11 is 1.65. The van der Waals surface area contributed by atoms with Gasteiger partial charge in [0, 0.05) is 17.5 Å². The molecular formula is C15H16N2O2S2. The summed E-state index contributed by atoms with van der Waals surface area (Å²) in [5.74, 6) is 0.0363. The van der Waals surface area contributed by atoms with Crippen LogP contribution >= 0.6 is 11.3 Å². The molecular weight excluding hydrogens is 304 g/mol. The summed E-state index contributed by atoms with van der Waals surface area (Å²) in [5.41, 5.74) is 0.457. The van der Waals surface area contributed by atoms with E-state index in [0.717, 1.165) is 0 Å². The quantitative estimate of drug-likeness (QED) is 0.888. The average Bonchev–Trinajstić information content (AvgIpc) is 3.01. The lowest BCUT2D eigenvalue weighted by molar-refractivity contribution is 0.575. The number of nitrogens with zero attached hydrogens (tertiary/aromatic N) is 1. The van der Waals surface area contributed by atoms with Crippen LogP contribution in [0.25, 0.3) is 0 Å². The second-order valence-corrected chi connectivity index (χ2v) is 7.73. The van der Waals surface area contributed by atoms with Gasteiger partial charge >= 0.3 is 0 Å². The van der Waals surface area contributed by atoms with Gasteiger partial charge in [-0.3, -0.25) is 0 Å². The van der Waals surface area contributed by atoms with E-state index < -0.39 is 9.84 Å². The van der Waals surface area contributed by atoms with Crippen LogP contribution in [0.2, 0.25) is 0 Å². The fraction of sp³-hybridized carbons (Fsp3) is 0.267. The fourth-order valence-corrected chi connectivity index (χ4v) is 3.83. The van der Waals surface area contributed by atoms with Gasteiger partial charge in [0.2, 0.25) is 0 Å². The highest BCUT2D eigenvalue weighted by Gasteiger charge is 2.15. The normalized spacial score (nSPS) is 12.8. The topological polar surface area (TPSA) is 70.0 Å². The molecule has 0 radical (unpaired) electrons. The number of benzene rings is 1. The summed E-state index contributed by atoms with van der Waals surface area (Å²) in [6.07, 6.45) is 0. The zero-order valence-corrected chi connectivity index (χ0v) is 13.2. The molecule has 0 aliphatic carbocycles. The minimum absolute atomic E-state index is 0.0363. The van der Waals surface area contributed by atoms with Crippen molar-refractivity contribution in [2.24, 2.45) is 0 Å². The Bertz CT molecular complexity index is 714. The van der Waals surface area contributed by atoms with Gasteiger partial charge in [-0.1, -0.05) is 6.07 Å². The van der Waals surface area contributed by atoms with Crippen LogP contribution in [-0.2, 0) is 9.84 Å². The zero-order chi connectivity index (χ0) is 15.3. The lowest BCUT2D eigenvalue weighted by Crippen LogP contribution is -2.25. The van der Waals surface area contributed by atoms with E-state index in [2.05, 4.69) is 5.32 Å². The Balaban J connectivity index is 1.93. The number of nitrogens with one attached hydrogen (secondary N) is 1. The Morgan fingerprint density at radius 2 is 2.00 bits per heavy atom. The van der Waals surface area contributed by atoms with E-state index in [0.29, 0.717) is 12.1 Å². The maximum atomic E-state index is 12.2. The van der Waals surface area contributed by atoms with Gasteiger partial charge in [-0.25, -0.2) is 8.42 Å². The van der Waals surface area contributed by atoms with Crippen LogP contribution < -0.4 is 5.32 Å². The smallest absolute Gasteiger partial charge is 0.179 e. The van der Waals surface area contributed by atoms with E-state index in [9.17, 15) is 8.42 Å². The van der Waals surface area contributed by atoms with E-state index in [-0.39, 0.29) is 16.7 Å². The van der Waals surface area contributed by atoms with Crippen LogP contribution in [0.3, 0.4) is 0 Å². The molecule has 0 saturated carbocycles. The molecule has 4 nitrogen and oxygen atoms in total. The second kappa shape index (κ2) is 6.85. The molecule has 0 aliphatic heterocycles. The molecule has 1 N–H and O–H groups in total. The predicted octanol–water partition coefficient (Wildman–Crippen LogP) is 2.74. The molecule has 0 aliphatic rings. The van der Waals surface area contributed by atoms with Gasteiger partial charge in [-0.15, -0.1) is 11.3 Å². The van der Waals surface area contributed by atoms with E-state index in [1.54, 1.807) is 11.3 Å².